The summed E-state index contributed by atoms with van der Waals surface area (Å²) in [5, 5.41) is 2.89. The third kappa shape index (κ3) is 5.31. The first-order valence-corrected chi connectivity index (χ1v) is 6.57. The number of unbranched alkanes of at least 4 members (excludes halogenated alkanes) is 3. The van der Waals surface area contributed by atoms with E-state index in [9.17, 15) is 4.79 Å². The second kappa shape index (κ2) is 7.44. The van der Waals surface area contributed by atoms with Gasteiger partial charge in [0.1, 0.15) is 0 Å². The molecule has 0 spiro atoms. The highest BCUT2D eigenvalue weighted by Gasteiger charge is 2.01. The van der Waals surface area contributed by atoms with Crippen molar-refractivity contribution in [1.82, 2.24) is 0 Å². The van der Waals surface area contributed by atoms with E-state index in [4.69, 9.17) is 0 Å². The number of benzene rings is 1. The first kappa shape index (κ1) is 13.2. The van der Waals surface area contributed by atoms with Crippen molar-refractivity contribution in [3.05, 3.63) is 28.7 Å². The lowest BCUT2D eigenvalue weighted by Gasteiger charge is -2.04. The van der Waals surface area contributed by atoms with Crippen LogP contribution in [0.4, 0.5) is 5.69 Å². The lowest BCUT2D eigenvalue weighted by Crippen LogP contribution is -2.10. The van der Waals surface area contributed by atoms with Gasteiger partial charge in [0.15, 0.2) is 0 Å². The van der Waals surface area contributed by atoms with Gasteiger partial charge < -0.3 is 5.32 Å². The van der Waals surface area contributed by atoms with Crippen LogP contribution in [0.3, 0.4) is 0 Å². The number of hydrogen-bond acceptors (Lipinski definition) is 1. The zero-order valence-corrected chi connectivity index (χ0v) is 11.2. The number of hydrogen-bond donors (Lipinski definition) is 1. The minimum atomic E-state index is 0.110. The predicted molar refractivity (Wildman–Crippen MR) is 71.5 cm³/mol. The van der Waals surface area contributed by atoms with E-state index in [0.29, 0.717) is 6.42 Å². The number of anilines is 1. The van der Waals surface area contributed by atoms with Gasteiger partial charge in [-0.15, -0.1) is 0 Å². The molecule has 0 unspecified atom stereocenters. The van der Waals surface area contributed by atoms with Crippen molar-refractivity contribution < 1.29 is 4.79 Å². The molecule has 0 saturated heterocycles. The monoisotopic (exact) mass is 283 g/mol. The molecule has 1 aromatic carbocycles. The lowest BCUT2D eigenvalue weighted by atomic mass is 10.1. The average Bonchev–Trinajstić information content (AvgIpc) is 2.28. The van der Waals surface area contributed by atoms with E-state index in [2.05, 4.69) is 28.2 Å². The Bertz CT molecular complexity index is 321. The molecule has 0 bridgehead atoms. The molecule has 0 heterocycles. The van der Waals surface area contributed by atoms with E-state index >= 15 is 0 Å². The van der Waals surface area contributed by atoms with Gasteiger partial charge in [0.05, 0.1) is 0 Å². The number of amides is 1. The Morgan fingerprint density at radius 1 is 1.19 bits per heavy atom. The molecule has 0 atom stereocenters. The summed E-state index contributed by atoms with van der Waals surface area (Å²) >= 11 is 3.36. The topological polar surface area (TPSA) is 29.1 Å². The summed E-state index contributed by atoms with van der Waals surface area (Å²) in [7, 11) is 0. The number of nitrogens with one attached hydrogen (secondary N) is 1. The maximum absolute atomic E-state index is 11.5. The van der Waals surface area contributed by atoms with Crippen molar-refractivity contribution in [3.63, 3.8) is 0 Å². The number of halogens is 1. The molecule has 2 nitrogen and oxygen atoms in total. The van der Waals surface area contributed by atoms with Crippen LogP contribution in [-0.2, 0) is 4.79 Å². The molecule has 0 radical (unpaired) electrons. The van der Waals surface area contributed by atoms with Crippen LogP contribution in [0.5, 0.6) is 0 Å². The smallest absolute Gasteiger partial charge is 0.224 e. The van der Waals surface area contributed by atoms with Gasteiger partial charge in [-0.25, -0.2) is 0 Å². The Morgan fingerprint density at radius 3 is 2.50 bits per heavy atom. The maximum atomic E-state index is 11.5. The van der Waals surface area contributed by atoms with Gasteiger partial charge in [-0.3, -0.25) is 4.79 Å². The van der Waals surface area contributed by atoms with Gasteiger partial charge in [0, 0.05) is 16.6 Å². The molecule has 16 heavy (non-hydrogen) atoms. The third-order valence-electron chi connectivity index (χ3n) is 2.39. The highest BCUT2D eigenvalue weighted by atomic mass is 79.9. The van der Waals surface area contributed by atoms with Crippen molar-refractivity contribution in [2.75, 3.05) is 5.32 Å². The first-order valence-electron chi connectivity index (χ1n) is 5.78. The molecular weight excluding hydrogens is 266 g/mol. The lowest BCUT2D eigenvalue weighted by molar-refractivity contribution is -0.116. The second-order valence-corrected chi connectivity index (χ2v) is 4.78. The van der Waals surface area contributed by atoms with Crippen molar-refractivity contribution in [2.24, 2.45) is 0 Å². The molecule has 0 aromatic heterocycles. The van der Waals surface area contributed by atoms with Crippen LogP contribution in [-0.4, -0.2) is 5.91 Å². The normalized spacial score (nSPS) is 10.1. The number of carbonyl (C=O) groups is 1. The quantitative estimate of drug-likeness (QED) is 0.773. The number of rotatable bonds is 6. The highest BCUT2D eigenvalue weighted by molar-refractivity contribution is 9.10. The summed E-state index contributed by atoms with van der Waals surface area (Å²) in [4.78, 5) is 11.5. The van der Waals surface area contributed by atoms with E-state index in [1.54, 1.807) is 0 Å². The molecule has 1 aromatic rings. The van der Waals surface area contributed by atoms with Crippen molar-refractivity contribution in [2.45, 2.75) is 39.0 Å². The fourth-order valence-electron chi connectivity index (χ4n) is 1.47. The molecule has 0 aliphatic rings. The van der Waals surface area contributed by atoms with E-state index in [1.165, 1.54) is 12.8 Å². The summed E-state index contributed by atoms with van der Waals surface area (Å²) in [5.41, 5.74) is 0.865. The molecule has 1 rings (SSSR count). The SMILES string of the molecule is CCCCCCC(=O)Nc1ccc(Br)cc1. The molecule has 3 heteroatoms. The van der Waals surface area contributed by atoms with Gasteiger partial charge in [-0.2, -0.15) is 0 Å². The Labute approximate surface area is 106 Å². The summed E-state index contributed by atoms with van der Waals surface area (Å²) in [6, 6.07) is 7.64. The Balaban J connectivity index is 2.26. The van der Waals surface area contributed by atoms with Gasteiger partial charge >= 0.3 is 0 Å². The van der Waals surface area contributed by atoms with E-state index in [1.807, 2.05) is 24.3 Å². The van der Waals surface area contributed by atoms with Crippen LogP contribution < -0.4 is 5.32 Å². The van der Waals surface area contributed by atoms with Gasteiger partial charge in [-0.05, 0) is 30.7 Å². The summed E-state index contributed by atoms with van der Waals surface area (Å²) in [5.74, 6) is 0.110. The fourth-order valence-corrected chi connectivity index (χ4v) is 1.73. The predicted octanol–water partition coefficient (Wildman–Crippen LogP) is 4.36. The van der Waals surface area contributed by atoms with Crippen LogP contribution >= 0.6 is 15.9 Å². The molecule has 88 valence electrons. The second-order valence-electron chi connectivity index (χ2n) is 3.87. The average molecular weight is 284 g/mol. The fraction of sp³-hybridized carbons (Fsp3) is 0.462. The molecule has 0 fully saturated rings. The van der Waals surface area contributed by atoms with Crippen LogP contribution in [0.25, 0.3) is 0 Å². The summed E-state index contributed by atoms with van der Waals surface area (Å²) in [6.45, 7) is 2.17. The van der Waals surface area contributed by atoms with E-state index in [-0.39, 0.29) is 5.91 Å². The van der Waals surface area contributed by atoms with Gasteiger partial charge in [0.2, 0.25) is 5.91 Å². The van der Waals surface area contributed by atoms with Gasteiger partial charge in [0.25, 0.3) is 0 Å². The maximum Gasteiger partial charge on any atom is 0.224 e. The zero-order chi connectivity index (χ0) is 11.8. The Morgan fingerprint density at radius 2 is 1.88 bits per heavy atom. The standard InChI is InChI=1S/C13H18BrNO/c1-2-3-4-5-6-13(16)15-12-9-7-11(14)8-10-12/h7-10H,2-6H2,1H3,(H,15,16). The van der Waals surface area contributed by atoms with E-state index < -0.39 is 0 Å². The first-order chi connectivity index (χ1) is 7.72. The van der Waals surface area contributed by atoms with Gasteiger partial charge in [-0.1, -0.05) is 42.1 Å². The van der Waals surface area contributed by atoms with Crippen LogP contribution in [0.15, 0.2) is 28.7 Å². The number of carbonyl (C=O) groups excluding carboxylic acids is 1. The van der Waals surface area contributed by atoms with Crippen molar-refractivity contribution >= 4 is 27.5 Å². The third-order valence-corrected chi connectivity index (χ3v) is 2.91. The largest absolute Gasteiger partial charge is 0.326 e. The molecule has 1 amide bonds. The Kier molecular flexibility index (Phi) is 6.16. The minimum absolute atomic E-state index is 0.110. The minimum Gasteiger partial charge on any atom is -0.326 e. The molecule has 1 N–H and O–H groups in total. The van der Waals surface area contributed by atoms with E-state index in [0.717, 1.165) is 23.0 Å². The van der Waals surface area contributed by atoms with Crippen LogP contribution in [0.2, 0.25) is 0 Å². The van der Waals surface area contributed by atoms with Crippen molar-refractivity contribution in [1.29, 1.82) is 0 Å². The highest BCUT2D eigenvalue weighted by Crippen LogP contribution is 2.14. The molecule has 0 saturated carbocycles. The Hall–Kier alpha value is -0.830. The molecular formula is C13H18BrNO. The van der Waals surface area contributed by atoms with Crippen LogP contribution in [0.1, 0.15) is 39.0 Å². The van der Waals surface area contributed by atoms with Crippen molar-refractivity contribution in [3.8, 4) is 0 Å². The molecule has 0 aliphatic heterocycles. The molecule has 0 aliphatic carbocycles. The van der Waals surface area contributed by atoms with Crippen LogP contribution in [0, 0.1) is 0 Å². The summed E-state index contributed by atoms with van der Waals surface area (Å²) in [6.07, 6.45) is 5.16. The zero-order valence-electron chi connectivity index (χ0n) is 9.63. The summed E-state index contributed by atoms with van der Waals surface area (Å²) < 4.78 is 1.02.